The average molecular weight is 877 g/mol. The summed E-state index contributed by atoms with van der Waals surface area (Å²) in [7, 11) is 0. The van der Waals surface area contributed by atoms with Crippen molar-refractivity contribution in [3.05, 3.63) is 12.2 Å². The standard InChI is InChI=1S/C48H80N2O12/c1-27(2)29-11-16-48(43(57)49-19-8-20-50-21-23-58-24-22-50)18-17-46(6)30(35(29)48)9-10-33-44(4)14-13-34(45(5,26-51)32(44)12-15-47(33,46)7)61-42-40(37(54)31(52)25-59-42)62-41-39(56)38(55)36(53)28(3)60-41/h28-42,51-56H,1,8-26H2,2-7H3,(H,49,57)/t28-,29-,30+,31-,32+,33+,34-,35+,36-,37-,38+,39+,40+,41-,42-,44-,45-,46+,47+,48-/m0/s1. The number of carbonyl (C=O) groups is 1. The highest BCUT2D eigenvalue weighted by atomic mass is 16.8. The smallest absolute Gasteiger partial charge is 0.226 e. The van der Waals surface area contributed by atoms with E-state index in [2.05, 4.69) is 51.4 Å². The lowest BCUT2D eigenvalue weighted by Gasteiger charge is -2.73. The number of aliphatic hydroxyl groups is 6. The summed E-state index contributed by atoms with van der Waals surface area (Å²) in [5, 5.41) is 68.2. The number of allylic oxidation sites excluding steroid dienone is 1. The molecule has 14 nitrogen and oxygen atoms in total. The molecule has 0 bridgehead atoms. The second-order valence-electron chi connectivity index (χ2n) is 22.3. The van der Waals surface area contributed by atoms with E-state index in [9.17, 15) is 35.4 Å². The van der Waals surface area contributed by atoms with Gasteiger partial charge in [-0.1, -0.05) is 39.8 Å². The van der Waals surface area contributed by atoms with Crippen LogP contribution in [0.2, 0.25) is 0 Å². The van der Waals surface area contributed by atoms with Gasteiger partial charge >= 0.3 is 0 Å². The van der Waals surface area contributed by atoms with E-state index in [1.54, 1.807) is 6.92 Å². The van der Waals surface area contributed by atoms with Gasteiger partial charge in [0.2, 0.25) is 5.91 Å². The third kappa shape index (κ3) is 7.58. The van der Waals surface area contributed by atoms with Crippen LogP contribution < -0.4 is 5.32 Å². The van der Waals surface area contributed by atoms with Gasteiger partial charge in [-0.2, -0.15) is 0 Å². The van der Waals surface area contributed by atoms with E-state index in [0.717, 1.165) is 97.1 Å². The number of fused-ring (bicyclic) bond motifs is 7. The Balaban J connectivity index is 0.995. The van der Waals surface area contributed by atoms with Crippen LogP contribution in [0, 0.1) is 56.7 Å². The second kappa shape index (κ2) is 17.8. The zero-order valence-corrected chi connectivity index (χ0v) is 38.4. The van der Waals surface area contributed by atoms with Gasteiger partial charge < -0.3 is 59.6 Å². The van der Waals surface area contributed by atoms with Crippen LogP contribution >= 0.6 is 0 Å². The Kier molecular flexibility index (Phi) is 13.5. The van der Waals surface area contributed by atoms with E-state index in [1.807, 2.05) is 0 Å². The Morgan fingerprint density at radius 3 is 2.27 bits per heavy atom. The minimum Gasteiger partial charge on any atom is -0.396 e. The summed E-state index contributed by atoms with van der Waals surface area (Å²) in [6.07, 6.45) is -2.03. The first-order chi connectivity index (χ1) is 29.4. The molecule has 8 fully saturated rings. The molecule has 0 aromatic rings. The molecule has 20 atom stereocenters. The first-order valence-electron chi connectivity index (χ1n) is 24.2. The fraction of sp³-hybridized carbons (Fsp3) is 0.938. The summed E-state index contributed by atoms with van der Waals surface area (Å²) in [4.78, 5) is 17.0. The Morgan fingerprint density at radius 2 is 1.56 bits per heavy atom. The third-order valence-corrected chi connectivity index (χ3v) is 19.5. The number of carbonyl (C=O) groups excluding carboxylic acids is 1. The van der Waals surface area contributed by atoms with E-state index in [4.69, 9.17) is 23.7 Å². The van der Waals surface area contributed by atoms with Crippen molar-refractivity contribution in [1.29, 1.82) is 0 Å². The number of nitrogens with zero attached hydrogens (tertiary/aromatic N) is 1. The van der Waals surface area contributed by atoms with Crippen LogP contribution in [0.25, 0.3) is 0 Å². The molecule has 62 heavy (non-hydrogen) atoms. The lowest BCUT2D eigenvalue weighted by Crippen LogP contribution is -2.68. The second-order valence-corrected chi connectivity index (χ2v) is 22.3. The fourth-order valence-electron chi connectivity index (χ4n) is 15.7. The molecule has 14 heteroatoms. The van der Waals surface area contributed by atoms with Crippen LogP contribution in [0.4, 0.5) is 0 Å². The zero-order chi connectivity index (χ0) is 44.6. The Labute approximate surface area is 369 Å². The first kappa shape index (κ1) is 47.2. The minimum absolute atomic E-state index is 0.0238. The molecule has 8 aliphatic rings. The van der Waals surface area contributed by atoms with Gasteiger partial charge in [0.1, 0.15) is 36.6 Å². The predicted octanol–water partition coefficient (Wildman–Crippen LogP) is 3.13. The van der Waals surface area contributed by atoms with E-state index >= 15 is 0 Å². The lowest BCUT2D eigenvalue weighted by molar-refractivity contribution is -0.366. The van der Waals surface area contributed by atoms with Crippen LogP contribution in [0.5, 0.6) is 0 Å². The third-order valence-electron chi connectivity index (χ3n) is 19.5. The van der Waals surface area contributed by atoms with Crippen molar-refractivity contribution in [3.63, 3.8) is 0 Å². The lowest BCUT2D eigenvalue weighted by atomic mass is 9.32. The number of hydrogen-bond donors (Lipinski definition) is 7. The SMILES string of the molecule is C=C(C)[C@@H]1CC[C@]2(C(=O)NCCCN3CCOCC3)CC[C@]3(C)[C@H](CC[C@@H]4[C@@]5(C)CC[C@H](O[C@@H]6OC[C@H](O)[C@H](O)[C@H]6O[C@@H]6O[C@@H](C)[C@H](O)[C@@H](O)[C@H]6O)[C@@](C)(CO)[C@@H]5CC[C@]43C)[C@@H]12. The maximum Gasteiger partial charge on any atom is 0.226 e. The van der Waals surface area contributed by atoms with Crippen molar-refractivity contribution in [3.8, 4) is 0 Å². The van der Waals surface area contributed by atoms with Gasteiger partial charge in [0.25, 0.3) is 0 Å². The van der Waals surface area contributed by atoms with Crippen molar-refractivity contribution >= 4 is 5.91 Å². The first-order valence-corrected chi connectivity index (χ1v) is 24.2. The summed E-state index contributed by atoms with van der Waals surface area (Å²) in [6, 6.07) is 0. The number of hydrogen-bond acceptors (Lipinski definition) is 13. The van der Waals surface area contributed by atoms with E-state index in [-0.39, 0.29) is 52.6 Å². The largest absolute Gasteiger partial charge is 0.396 e. The van der Waals surface area contributed by atoms with Gasteiger partial charge in [0, 0.05) is 25.0 Å². The Bertz CT molecular complexity index is 1620. The highest BCUT2D eigenvalue weighted by Crippen LogP contribution is 2.77. The monoisotopic (exact) mass is 877 g/mol. The van der Waals surface area contributed by atoms with Gasteiger partial charge in [0.05, 0.1) is 44.1 Å². The molecule has 3 heterocycles. The molecule has 5 aliphatic carbocycles. The number of aliphatic hydroxyl groups excluding tert-OH is 6. The molecule has 3 saturated heterocycles. The van der Waals surface area contributed by atoms with Crippen LogP contribution in [-0.4, -0.2) is 155 Å². The van der Waals surface area contributed by atoms with Gasteiger partial charge in [-0.15, -0.1) is 0 Å². The van der Waals surface area contributed by atoms with E-state index in [1.165, 1.54) is 5.57 Å². The summed E-state index contributed by atoms with van der Waals surface area (Å²) in [6.45, 7) is 22.8. The number of morpholine rings is 1. The Morgan fingerprint density at radius 1 is 0.823 bits per heavy atom. The molecule has 0 radical (unpaired) electrons. The maximum absolute atomic E-state index is 14.6. The van der Waals surface area contributed by atoms with Crippen molar-refractivity contribution in [2.45, 2.75) is 174 Å². The number of amides is 1. The van der Waals surface area contributed by atoms with E-state index in [0.29, 0.717) is 30.7 Å². The van der Waals surface area contributed by atoms with Crippen molar-refractivity contribution in [2.24, 2.45) is 56.7 Å². The topological polar surface area (TPSA) is 200 Å². The normalized spacial score (nSPS) is 52.0. The van der Waals surface area contributed by atoms with Crippen LogP contribution in [0.3, 0.4) is 0 Å². The molecule has 1 amide bonds. The number of nitrogens with one attached hydrogen (secondary N) is 1. The zero-order valence-electron chi connectivity index (χ0n) is 38.4. The summed E-state index contributed by atoms with van der Waals surface area (Å²) >= 11 is 0. The Hall–Kier alpha value is -1.27. The minimum atomic E-state index is -1.62. The van der Waals surface area contributed by atoms with Gasteiger partial charge in [-0.3, -0.25) is 9.69 Å². The molecule has 0 spiro atoms. The molecule has 5 saturated carbocycles. The number of ether oxygens (including phenoxy) is 5. The number of rotatable bonds is 11. The molecule has 7 N–H and O–H groups in total. The molecular weight excluding hydrogens is 797 g/mol. The summed E-state index contributed by atoms with van der Waals surface area (Å²) in [5.41, 5.74) is 0.131. The summed E-state index contributed by atoms with van der Waals surface area (Å²) in [5.74, 6) is 1.80. The molecule has 3 aliphatic heterocycles. The van der Waals surface area contributed by atoms with Crippen molar-refractivity contribution in [1.82, 2.24) is 10.2 Å². The molecule has 0 unspecified atom stereocenters. The molecule has 0 aromatic carbocycles. The van der Waals surface area contributed by atoms with Crippen LogP contribution in [0.1, 0.15) is 112 Å². The average Bonchev–Trinajstić information content (AvgIpc) is 3.66. The van der Waals surface area contributed by atoms with Crippen LogP contribution in [0.15, 0.2) is 12.2 Å². The van der Waals surface area contributed by atoms with Gasteiger partial charge in [-0.25, -0.2) is 0 Å². The van der Waals surface area contributed by atoms with Gasteiger partial charge in [-0.05, 0) is 137 Å². The summed E-state index contributed by atoms with van der Waals surface area (Å²) < 4.78 is 30.1. The molecule has 0 aromatic heterocycles. The molecule has 8 rings (SSSR count). The van der Waals surface area contributed by atoms with E-state index < -0.39 is 66.8 Å². The highest BCUT2D eigenvalue weighted by Gasteiger charge is 2.72. The quantitative estimate of drug-likeness (QED) is 0.0909. The molecule has 354 valence electrons. The predicted molar refractivity (Wildman–Crippen MR) is 229 cm³/mol. The van der Waals surface area contributed by atoms with Gasteiger partial charge in [0.15, 0.2) is 12.6 Å². The highest BCUT2D eigenvalue weighted by molar-refractivity contribution is 5.84. The molecular formula is C48H80N2O12. The van der Waals surface area contributed by atoms with Crippen LogP contribution in [-0.2, 0) is 28.5 Å². The fourth-order valence-corrected chi connectivity index (χ4v) is 15.7. The van der Waals surface area contributed by atoms with Crippen molar-refractivity contribution < 1.29 is 59.1 Å². The maximum atomic E-state index is 14.6. The van der Waals surface area contributed by atoms with Crippen molar-refractivity contribution in [2.75, 3.05) is 52.6 Å².